The zero-order valence-corrected chi connectivity index (χ0v) is 12.1. The molecule has 0 spiro atoms. The largest absolute Gasteiger partial charge is 0.496 e. The van der Waals surface area contributed by atoms with E-state index in [1.165, 1.54) is 19.2 Å². The van der Waals surface area contributed by atoms with Crippen LogP contribution in [-0.2, 0) is 6.42 Å². The van der Waals surface area contributed by atoms with Crippen LogP contribution in [0.25, 0.3) is 0 Å². The first-order valence-electron chi connectivity index (χ1n) is 6.72. The van der Waals surface area contributed by atoms with E-state index >= 15 is 0 Å². The van der Waals surface area contributed by atoms with E-state index in [0.717, 1.165) is 18.1 Å². The molecule has 0 aliphatic carbocycles. The summed E-state index contributed by atoms with van der Waals surface area (Å²) >= 11 is 0. The number of hydrogen-bond donors (Lipinski definition) is 0. The van der Waals surface area contributed by atoms with E-state index in [-0.39, 0.29) is 18.0 Å². The van der Waals surface area contributed by atoms with Gasteiger partial charge in [-0.3, -0.25) is 4.79 Å². The summed E-state index contributed by atoms with van der Waals surface area (Å²) in [6.07, 6.45) is 0.892. The minimum atomic E-state index is -0.480. The Morgan fingerprint density at radius 3 is 2.71 bits per heavy atom. The molecule has 2 rings (SSSR count). The van der Waals surface area contributed by atoms with Gasteiger partial charge in [-0.05, 0) is 42.3 Å². The Balaban J connectivity index is 2.09. The van der Waals surface area contributed by atoms with Crippen molar-refractivity contribution in [3.63, 3.8) is 0 Å². The number of ketones is 1. The van der Waals surface area contributed by atoms with Crippen LogP contribution in [-0.4, -0.2) is 19.5 Å². The predicted octanol–water partition coefficient (Wildman–Crippen LogP) is 3.66. The number of methoxy groups -OCH3 is 1. The van der Waals surface area contributed by atoms with Crippen LogP contribution in [0.5, 0.6) is 11.5 Å². The van der Waals surface area contributed by atoms with E-state index in [0.29, 0.717) is 11.5 Å². The molecule has 0 saturated carbocycles. The molecule has 4 heteroatoms. The summed E-state index contributed by atoms with van der Waals surface area (Å²) < 4.78 is 23.8. The van der Waals surface area contributed by atoms with Gasteiger partial charge in [0.15, 0.2) is 6.61 Å². The van der Waals surface area contributed by atoms with E-state index in [1.807, 2.05) is 25.1 Å². The van der Waals surface area contributed by atoms with Gasteiger partial charge in [0.1, 0.15) is 17.3 Å². The molecule has 0 bridgehead atoms. The van der Waals surface area contributed by atoms with Gasteiger partial charge in [-0.2, -0.15) is 0 Å². The van der Waals surface area contributed by atoms with Gasteiger partial charge in [0.25, 0.3) is 0 Å². The second kappa shape index (κ2) is 6.88. The number of carbonyl (C=O) groups excluding carboxylic acids is 1. The fourth-order valence-corrected chi connectivity index (χ4v) is 1.98. The van der Waals surface area contributed by atoms with E-state index < -0.39 is 5.82 Å². The van der Waals surface area contributed by atoms with Gasteiger partial charge in [-0.1, -0.05) is 19.1 Å². The summed E-state index contributed by atoms with van der Waals surface area (Å²) in [5.74, 6) is 0.158. The molecule has 3 nitrogen and oxygen atoms in total. The van der Waals surface area contributed by atoms with Crippen LogP contribution in [0.1, 0.15) is 22.8 Å². The van der Waals surface area contributed by atoms with Crippen molar-refractivity contribution >= 4 is 5.78 Å². The lowest BCUT2D eigenvalue weighted by Crippen LogP contribution is -2.13. The number of hydrogen-bond acceptors (Lipinski definition) is 3. The van der Waals surface area contributed by atoms with Crippen LogP contribution in [0.3, 0.4) is 0 Å². The Morgan fingerprint density at radius 2 is 2.00 bits per heavy atom. The van der Waals surface area contributed by atoms with Crippen LogP contribution >= 0.6 is 0 Å². The molecule has 0 atom stereocenters. The summed E-state index contributed by atoms with van der Waals surface area (Å²) in [7, 11) is 1.44. The molecule has 2 aromatic carbocycles. The average molecular weight is 288 g/mol. The molecule has 0 N–H and O–H groups in total. The van der Waals surface area contributed by atoms with Crippen LogP contribution in [0.15, 0.2) is 42.5 Å². The maximum Gasteiger partial charge on any atom is 0.204 e. The molecule has 0 aromatic heterocycles. The third-order valence-electron chi connectivity index (χ3n) is 3.14. The van der Waals surface area contributed by atoms with Crippen LogP contribution in [0.2, 0.25) is 0 Å². The molecule has 110 valence electrons. The normalized spacial score (nSPS) is 10.2. The monoisotopic (exact) mass is 288 g/mol. The summed E-state index contributed by atoms with van der Waals surface area (Å²) in [4.78, 5) is 12.1. The van der Waals surface area contributed by atoms with Gasteiger partial charge in [0.05, 0.1) is 12.7 Å². The molecule has 0 aliphatic rings. The van der Waals surface area contributed by atoms with Crippen molar-refractivity contribution in [1.29, 1.82) is 0 Å². The number of Topliss-reactive ketones (excluding diaryl/α,β-unsaturated/α-hetero) is 1. The van der Waals surface area contributed by atoms with Gasteiger partial charge in [0, 0.05) is 0 Å². The third-order valence-corrected chi connectivity index (χ3v) is 3.14. The molecule has 0 fully saturated rings. The number of ether oxygens (including phenoxy) is 2. The third kappa shape index (κ3) is 3.81. The zero-order valence-electron chi connectivity index (χ0n) is 12.1. The minimum Gasteiger partial charge on any atom is -0.496 e. The maximum absolute atomic E-state index is 13.3. The van der Waals surface area contributed by atoms with E-state index in [4.69, 9.17) is 9.47 Å². The van der Waals surface area contributed by atoms with E-state index in [9.17, 15) is 9.18 Å². The van der Waals surface area contributed by atoms with Gasteiger partial charge in [0.2, 0.25) is 5.78 Å². The molecule has 0 unspecified atom stereocenters. The highest BCUT2D eigenvalue weighted by Crippen LogP contribution is 2.21. The Hall–Kier alpha value is -2.36. The topological polar surface area (TPSA) is 35.5 Å². The second-order valence-corrected chi connectivity index (χ2v) is 4.56. The van der Waals surface area contributed by atoms with Crippen molar-refractivity contribution in [3.8, 4) is 11.5 Å². The van der Waals surface area contributed by atoms with Crippen LogP contribution < -0.4 is 9.47 Å². The van der Waals surface area contributed by atoms with Gasteiger partial charge < -0.3 is 9.47 Å². The average Bonchev–Trinajstić information content (AvgIpc) is 2.52. The fraction of sp³-hybridized carbons (Fsp3) is 0.235. The molecule has 0 amide bonds. The van der Waals surface area contributed by atoms with E-state index in [1.54, 1.807) is 6.07 Å². The molecule has 0 saturated heterocycles. The summed E-state index contributed by atoms with van der Waals surface area (Å²) in [6.45, 7) is 1.88. The molecular weight excluding hydrogens is 271 g/mol. The summed E-state index contributed by atoms with van der Waals surface area (Å²) in [5.41, 5.74) is 1.31. The summed E-state index contributed by atoms with van der Waals surface area (Å²) in [6, 6.07) is 11.4. The Kier molecular flexibility index (Phi) is 4.93. The highest BCUT2D eigenvalue weighted by molar-refractivity contribution is 5.99. The number of aryl methyl sites for hydroxylation is 1. The second-order valence-electron chi connectivity index (χ2n) is 4.56. The van der Waals surface area contributed by atoms with Gasteiger partial charge in [-0.15, -0.1) is 0 Å². The maximum atomic E-state index is 13.3. The smallest absolute Gasteiger partial charge is 0.204 e. The zero-order chi connectivity index (χ0) is 15.2. The summed E-state index contributed by atoms with van der Waals surface area (Å²) in [5, 5.41) is 0. The standard InChI is InChI=1S/C17H17FO3/c1-3-12-5-4-6-14(9-12)21-11-16(19)15-10-13(18)7-8-17(15)20-2/h4-10H,3,11H2,1-2H3. The number of benzene rings is 2. The van der Waals surface area contributed by atoms with Crippen LogP contribution in [0.4, 0.5) is 4.39 Å². The number of halogens is 1. The first kappa shape index (κ1) is 15.0. The minimum absolute atomic E-state index is 0.160. The number of carbonyl (C=O) groups is 1. The lowest BCUT2D eigenvalue weighted by molar-refractivity contribution is 0.0918. The van der Waals surface area contributed by atoms with Crippen molar-refractivity contribution in [3.05, 3.63) is 59.4 Å². The predicted molar refractivity (Wildman–Crippen MR) is 78.6 cm³/mol. The fourth-order valence-electron chi connectivity index (χ4n) is 1.98. The van der Waals surface area contributed by atoms with Crippen molar-refractivity contribution in [1.82, 2.24) is 0 Å². The highest BCUT2D eigenvalue weighted by atomic mass is 19.1. The molecule has 0 radical (unpaired) electrons. The molecular formula is C17H17FO3. The molecule has 0 aliphatic heterocycles. The van der Waals surface area contributed by atoms with Gasteiger partial charge in [-0.25, -0.2) is 4.39 Å². The van der Waals surface area contributed by atoms with Crippen molar-refractivity contribution < 1.29 is 18.7 Å². The first-order chi connectivity index (χ1) is 10.1. The van der Waals surface area contributed by atoms with Gasteiger partial charge >= 0.3 is 0 Å². The van der Waals surface area contributed by atoms with Crippen molar-refractivity contribution in [2.75, 3.05) is 13.7 Å². The Labute approximate surface area is 123 Å². The molecule has 0 heterocycles. The Bertz CT molecular complexity index is 638. The van der Waals surface area contributed by atoms with E-state index in [2.05, 4.69) is 0 Å². The van der Waals surface area contributed by atoms with Crippen molar-refractivity contribution in [2.45, 2.75) is 13.3 Å². The highest BCUT2D eigenvalue weighted by Gasteiger charge is 2.14. The lowest BCUT2D eigenvalue weighted by Gasteiger charge is -2.09. The SMILES string of the molecule is CCc1cccc(OCC(=O)c2cc(F)ccc2OC)c1. The quantitative estimate of drug-likeness (QED) is 0.761. The molecule has 21 heavy (non-hydrogen) atoms. The number of rotatable bonds is 6. The van der Waals surface area contributed by atoms with Crippen molar-refractivity contribution in [2.24, 2.45) is 0 Å². The van der Waals surface area contributed by atoms with Crippen LogP contribution in [0, 0.1) is 5.82 Å². The molecule has 2 aromatic rings. The first-order valence-corrected chi connectivity index (χ1v) is 6.72. The lowest BCUT2D eigenvalue weighted by atomic mass is 10.1. The Morgan fingerprint density at radius 1 is 1.19 bits per heavy atom.